The van der Waals surface area contributed by atoms with Crippen LogP contribution in [0.25, 0.3) is 0 Å². The average Bonchev–Trinajstić information content (AvgIpc) is 3.29. The monoisotopic (exact) mass is 1320 g/mol. The van der Waals surface area contributed by atoms with E-state index in [1.165, 1.54) is 76.3 Å². The van der Waals surface area contributed by atoms with Gasteiger partial charge in [-0.05, 0) is 34.6 Å². The summed E-state index contributed by atoms with van der Waals surface area (Å²) in [5.41, 5.74) is -5.32. The van der Waals surface area contributed by atoms with Crippen LogP contribution in [0, 0.1) is 54.1 Å². The minimum absolute atomic E-state index is 0.0251. The number of ketones is 1. The maximum atomic E-state index is 15.0. The van der Waals surface area contributed by atoms with E-state index in [9.17, 15) is 59.1 Å². The second-order valence-electron chi connectivity index (χ2n) is 17.4. The van der Waals surface area contributed by atoms with Gasteiger partial charge in [0, 0.05) is 14.7 Å². The number of carboxylic acid groups (broad SMARTS) is 2. The second-order valence-corrected chi connectivity index (χ2v) is 23.8. The van der Waals surface area contributed by atoms with E-state index in [0.29, 0.717) is 16.1 Å². The number of fused-ring (bicyclic) bond motifs is 2. The van der Waals surface area contributed by atoms with Crippen molar-refractivity contribution in [1.29, 1.82) is 0 Å². The molecule has 3 atom stereocenters. The van der Waals surface area contributed by atoms with Crippen LogP contribution in [-0.4, -0.2) is 101 Å². The summed E-state index contributed by atoms with van der Waals surface area (Å²) in [5, 5.41) is 56.2. The molecule has 0 amide bonds. The van der Waals surface area contributed by atoms with E-state index in [4.69, 9.17) is 23.7 Å². The SMILES string of the molecule is COc1c(C)c2c(c(C)c1C(=O)OC1=C(C)C(C=O)=C(C(=O)O)C(C)=I1)CC1(C)C(=O)C(C(=O)Oc3c(C)c(C)c(C(=O)Oc4c(C)c(C)c(C(=O)O)c(C=O)c4I)c(O)c3[I-]C)=C(C)C(C)(O)C1(O)O2. The first-order valence-corrected chi connectivity index (χ1v) is 27.7. The Morgan fingerprint density at radius 1 is 0.732 bits per heavy atom. The van der Waals surface area contributed by atoms with E-state index >= 15 is 4.79 Å². The number of phenols is 1. The van der Waals surface area contributed by atoms with Gasteiger partial charge in [0.25, 0.3) is 0 Å². The third kappa shape index (κ3) is 8.31. The molecular weight excluding hydrogens is 1270 g/mol. The Kier molecular flexibility index (Phi) is 15.1. The molecule has 0 radical (unpaired) electrons. The number of aromatic hydroxyl groups is 1. The Bertz CT molecular complexity index is 3170. The summed E-state index contributed by atoms with van der Waals surface area (Å²) in [6, 6.07) is 0. The third-order valence-electron chi connectivity index (χ3n) is 13.7. The number of hydrogen-bond donors (Lipinski definition) is 5. The predicted octanol–water partition coefficient (Wildman–Crippen LogP) is 3.50. The number of carboxylic acids is 2. The van der Waals surface area contributed by atoms with E-state index in [2.05, 4.69) is 0 Å². The average molecular weight is 1320 g/mol. The molecule has 0 spiro atoms. The van der Waals surface area contributed by atoms with Gasteiger partial charge in [0.05, 0.1) is 12.7 Å². The zero-order chi connectivity index (χ0) is 53.5. The van der Waals surface area contributed by atoms with Crippen LogP contribution in [-0.2, 0) is 30.3 Å². The molecule has 1 aliphatic carbocycles. The van der Waals surface area contributed by atoms with Crippen molar-refractivity contribution in [3.05, 3.63) is 100.0 Å². The summed E-state index contributed by atoms with van der Waals surface area (Å²) in [5.74, 6) is -10.6. The Hall–Kier alpha value is -5.38. The van der Waals surface area contributed by atoms with Gasteiger partial charge in [0.1, 0.15) is 0 Å². The number of alkyl halides is 1. The number of rotatable bonds is 12. The standard InChI is InChI=1S/C50H48I3O18/c1-17-19(3)39(34(51)28(16-55)29(17)43(58)59)68-45(62)30-18(2)20(4)40(35(52-12)36(30)56)69-47(64)32-24(8)49(11,65)50(66)48(10,41(32)57)14-26-21(5)31(38(67-13)23(7)37(26)71-50)46(63)70-42-22(6)27(15-54)33(44(60)61)25(9)53-42/h15-16,56,65-66H,14H2,1-13H3,(H,58,59)(H,60,61)/q-1. The summed E-state index contributed by atoms with van der Waals surface area (Å²) < 4.78 is 30.3. The Balaban J connectivity index is 1.41. The van der Waals surface area contributed by atoms with E-state index in [1.807, 2.05) is 0 Å². The number of halogens is 3. The number of Topliss-reactive ketones (excluding diaryl/α,β-unsaturated/α-hetero) is 1. The molecule has 3 aromatic rings. The number of aldehydes is 2. The minimum atomic E-state index is -2.76. The number of aliphatic hydroxyl groups is 2. The normalized spacial score (nSPS) is 20.8. The summed E-state index contributed by atoms with van der Waals surface area (Å²) in [6.45, 7) is 15.7. The number of phenolic OH excluding ortho intramolecular Hbond substituents is 1. The van der Waals surface area contributed by atoms with Crippen LogP contribution in [0.5, 0.6) is 28.7 Å². The van der Waals surface area contributed by atoms with Gasteiger partial charge in [-0.25, -0.2) is 9.59 Å². The molecule has 3 aliphatic rings. The zero-order valence-electron chi connectivity index (χ0n) is 40.5. The molecule has 0 saturated heterocycles. The molecule has 21 heteroatoms. The topological polar surface area (TPSA) is 284 Å². The maximum absolute atomic E-state index is 15.0. The van der Waals surface area contributed by atoms with Gasteiger partial charge < -0.3 is 14.6 Å². The van der Waals surface area contributed by atoms with Gasteiger partial charge in [-0.15, -0.1) is 0 Å². The quantitative estimate of drug-likeness (QED) is 0.0433. The van der Waals surface area contributed by atoms with Crippen LogP contribution in [0.1, 0.15) is 115 Å². The molecule has 0 saturated carbocycles. The van der Waals surface area contributed by atoms with Crippen molar-refractivity contribution in [2.24, 2.45) is 5.41 Å². The summed E-state index contributed by atoms with van der Waals surface area (Å²) in [7, 11) is 1.28. The Labute approximate surface area is 440 Å². The molecule has 0 bridgehead atoms. The van der Waals surface area contributed by atoms with Crippen molar-refractivity contribution in [1.82, 2.24) is 0 Å². The Morgan fingerprint density at radius 3 is 1.83 bits per heavy atom. The number of aromatic carboxylic acids is 1. The fraction of sp³-hybridized carbons (Fsp3) is 0.340. The van der Waals surface area contributed by atoms with Crippen LogP contribution in [0.3, 0.4) is 0 Å². The van der Waals surface area contributed by atoms with Crippen LogP contribution in [0.2, 0.25) is 0 Å². The molecule has 378 valence electrons. The number of carbonyl (C=O) groups excluding carboxylic acids is 6. The van der Waals surface area contributed by atoms with E-state index in [1.54, 1.807) is 34.4 Å². The summed E-state index contributed by atoms with van der Waals surface area (Å²) in [4.78, 5) is 108. The molecule has 3 unspecified atom stereocenters. The number of aliphatic carboxylic acids is 1. The number of hydrogen-bond acceptors (Lipinski definition) is 16. The van der Waals surface area contributed by atoms with Gasteiger partial charge >= 0.3 is 343 Å². The number of ether oxygens (including phenoxy) is 5. The Morgan fingerprint density at radius 2 is 1.30 bits per heavy atom. The van der Waals surface area contributed by atoms with Gasteiger partial charge in [0.15, 0.2) is 10.1 Å². The van der Waals surface area contributed by atoms with Crippen molar-refractivity contribution in [3.8, 4) is 28.7 Å². The second kappa shape index (κ2) is 19.6. The van der Waals surface area contributed by atoms with Crippen molar-refractivity contribution in [2.75, 3.05) is 12.0 Å². The predicted molar refractivity (Wildman–Crippen MR) is 266 cm³/mol. The van der Waals surface area contributed by atoms with Crippen molar-refractivity contribution >= 4 is 95.0 Å². The first-order valence-electron chi connectivity index (χ1n) is 21.2. The molecule has 5 N–H and O–H groups in total. The molecule has 0 fully saturated rings. The van der Waals surface area contributed by atoms with Crippen LogP contribution in [0.15, 0.2) is 31.6 Å². The first-order chi connectivity index (χ1) is 33.0. The number of esters is 3. The van der Waals surface area contributed by atoms with Crippen LogP contribution in [0.4, 0.5) is 0 Å². The van der Waals surface area contributed by atoms with Crippen molar-refractivity contribution < 1.29 is 109 Å². The third-order valence-corrected chi connectivity index (χ3v) is 19.7. The van der Waals surface area contributed by atoms with Crippen LogP contribution < -0.4 is 40.2 Å². The molecule has 3 aromatic carbocycles. The first kappa shape index (κ1) is 54.9. The van der Waals surface area contributed by atoms with Gasteiger partial charge in [-0.1, -0.05) is 0 Å². The van der Waals surface area contributed by atoms with Gasteiger partial charge in [0.2, 0.25) is 0 Å². The number of allylic oxidation sites excluding steroid dienone is 2. The summed E-state index contributed by atoms with van der Waals surface area (Å²) in [6.07, 6.45) is 0.306. The van der Waals surface area contributed by atoms with Crippen molar-refractivity contribution in [2.45, 2.75) is 94.0 Å². The molecular formula is C50H48I3O18-. The molecule has 18 nitrogen and oxygen atoms in total. The fourth-order valence-corrected chi connectivity index (χ4v) is 14.5. The summed E-state index contributed by atoms with van der Waals surface area (Å²) >= 11 is -0.903. The molecule has 71 heavy (non-hydrogen) atoms. The number of methoxy groups -OCH3 is 1. The molecule has 2 heterocycles. The fourth-order valence-electron chi connectivity index (χ4n) is 9.23. The number of carbonyl (C=O) groups is 8. The van der Waals surface area contributed by atoms with Crippen LogP contribution >= 0.6 is 43.3 Å². The van der Waals surface area contributed by atoms with E-state index in [0.717, 1.165) is 0 Å². The van der Waals surface area contributed by atoms with E-state index < -0.39 is 112 Å². The van der Waals surface area contributed by atoms with E-state index in [-0.39, 0.29) is 117 Å². The molecule has 2 aliphatic heterocycles. The van der Waals surface area contributed by atoms with Gasteiger partial charge in [-0.3, -0.25) is 4.79 Å². The van der Waals surface area contributed by atoms with Crippen molar-refractivity contribution in [3.63, 3.8) is 0 Å². The molecule has 0 aromatic heterocycles. The van der Waals surface area contributed by atoms with Gasteiger partial charge in [-0.2, -0.15) is 0 Å². The number of benzene rings is 3. The molecule has 6 rings (SSSR count). The zero-order valence-corrected chi connectivity index (χ0v) is 47.0.